The van der Waals surface area contributed by atoms with Gasteiger partial charge in [0.05, 0.1) is 9.85 Å². The summed E-state index contributed by atoms with van der Waals surface area (Å²) in [5, 5.41) is 28.7. The van der Waals surface area contributed by atoms with Crippen molar-refractivity contribution in [3.8, 4) is 5.75 Å². The van der Waals surface area contributed by atoms with Crippen LogP contribution in [0.1, 0.15) is 0 Å². The maximum absolute atomic E-state index is 10.5. The lowest BCUT2D eigenvalue weighted by Gasteiger charge is -2.01. The third-order valence-electron chi connectivity index (χ3n) is 1.51. The Morgan fingerprint density at radius 2 is 1.60 bits per heavy atom. The number of hydrogen-bond donors (Lipinski definition) is 1. The fraction of sp³-hybridized carbons (Fsp3) is 0. The van der Waals surface area contributed by atoms with Gasteiger partial charge in [-0.3, -0.25) is 20.2 Å². The van der Waals surface area contributed by atoms with E-state index in [1.54, 1.807) is 0 Å². The molecule has 15 heavy (non-hydrogen) atoms. The minimum Gasteiger partial charge on any atom is -0.502 e. The Morgan fingerprint density at radius 1 is 1.13 bits per heavy atom. The summed E-state index contributed by atoms with van der Waals surface area (Å²) in [6.07, 6.45) is 0. The number of hydrogen-bond acceptors (Lipinski definition) is 5. The van der Waals surface area contributed by atoms with E-state index >= 15 is 0 Å². The first-order valence-electron chi connectivity index (χ1n) is 3.36. The Morgan fingerprint density at radius 3 is 2.00 bits per heavy atom. The fourth-order valence-electron chi connectivity index (χ4n) is 0.927. The molecule has 1 N–H and O–H groups in total. The molecule has 0 radical (unpaired) electrons. The average Bonchev–Trinajstić information content (AvgIpc) is 1.99. The van der Waals surface area contributed by atoms with Crippen molar-refractivity contribution in [1.29, 1.82) is 0 Å². The van der Waals surface area contributed by atoms with Crippen molar-refractivity contribution in [2.75, 3.05) is 0 Å². The van der Waals surface area contributed by atoms with Crippen LogP contribution < -0.4 is 0 Å². The molecule has 0 fully saturated rings. The number of aromatic hydroxyl groups is 1. The van der Waals surface area contributed by atoms with E-state index in [0.717, 1.165) is 0 Å². The summed E-state index contributed by atoms with van der Waals surface area (Å²) in [4.78, 5) is 18.9. The summed E-state index contributed by atoms with van der Waals surface area (Å²) in [5.41, 5.74) is -1.74. The molecule has 0 aliphatic heterocycles. The van der Waals surface area contributed by atoms with Crippen molar-refractivity contribution in [2.45, 2.75) is 0 Å². The van der Waals surface area contributed by atoms with Crippen LogP contribution in [0.5, 0.6) is 5.75 Å². The summed E-state index contributed by atoms with van der Waals surface area (Å²) in [6.45, 7) is 0. The van der Waals surface area contributed by atoms with Crippen LogP contribution in [0.25, 0.3) is 0 Å². The molecule has 0 spiro atoms. The van der Waals surface area contributed by atoms with Gasteiger partial charge in [0, 0.05) is 6.07 Å². The van der Waals surface area contributed by atoms with Crippen LogP contribution in [0.4, 0.5) is 11.4 Å². The number of rotatable bonds is 2. The lowest BCUT2D eigenvalue weighted by Crippen LogP contribution is -1.96. The van der Waals surface area contributed by atoms with Gasteiger partial charge in [-0.05, 0) is 0 Å². The van der Waals surface area contributed by atoms with E-state index in [1.807, 2.05) is 0 Å². The molecular formula is C6H2Cl2N2O5. The molecule has 1 aromatic carbocycles. The summed E-state index contributed by atoms with van der Waals surface area (Å²) >= 11 is 10.8. The van der Waals surface area contributed by atoms with Crippen molar-refractivity contribution in [3.05, 3.63) is 36.3 Å². The van der Waals surface area contributed by atoms with Gasteiger partial charge in [0.1, 0.15) is 5.02 Å². The van der Waals surface area contributed by atoms with Crippen LogP contribution in [0.2, 0.25) is 10.0 Å². The van der Waals surface area contributed by atoms with E-state index in [-0.39, 0.29) is 0 Å². The number of nitro groups is 2. The maximum Gasteiger partial charge on any atom is 0.336 e. The smallest absolute Gasteiger partial charge is 0.336 e. The summed E-state index contributed by atoms with van der Waals surface area (Å²) in [7, 11) is 0. The van der Waals surface area contributed by atoms with Gasteiger partial charge in [0.25, 0.3) is 0 Å². The second-order valence-electron chi connectivity index (χ2n) is 2.40. The Hall–Kier alpha value is -1.60. The third kappa shape index (κ3) is 1.92. The Labute approximate surface area is 92.1 Å². The zero-order valence-electron chi connectivity index (χ0n) is 6.81. The predicted octanol–water partition coefficient (Wildman–Crippen LogP) is 2.52. The highest BCUT2D eigenvalue weighted by molar-refractivity contribution is 6.40. The molecule has 0 aromatic heterocycles. The maximum atomic E-state index is 10.5. The van der Waals surface area contributed by atoms with Gasteiger partial charge >= 0.3 is 11.4 Å². The molecule has 0 saturated heterocycles. The number of nitro benzene ring substituents is 2. The van der Waals surface area contributed by atoms with Gasteiger partial charge in [-0.1, -0.05) is 23.2 Å². The third-order valence-corrected chi connectivity index (χ3v) is 2.16. The standard InChI is InChI=1S/C6H2Cl2N2O5/c7-2-1-3(11)6(10(14)15)4(8)5(2)9(12)13/h1,11H. The van der Waals surface area contributed by atoms with Gasteiger partial charge in [-0.15, -0.1) is 0 Å². The Kier molecular flexibility index (Phi) is 2.96. The molecule has 0 aliphatic rings. The van der Waals surface area contributed by atoms with E-state index in [9.17, 15) is 20.2 Å². The van der Waals surface area contributed by atoms with E-state index in [4.69, 9.17) is 28.3 Å². The van der Waals surface area contributed by atoms with Crippen LogP contribution in [-0.2, 0) is 0 Å². The van der Waals surface area contributed by atoms with E-state index in [2.05, 4.69) is 0 Å². The minimum absolute atomic E-state index is 0.465. The van der Waals surface area contributed by atoms with Gasteiger partial charge in [0.15, 0.2) is 5.75 Å². The highest BCUT2D eigenvalue weighted by Crippen LogP contribution is 2.44. The van der Waals surface area contributed by atoms with E-state index in [0.29, 0.717) is 6.07 Å². The first-order valence-corrected chi connectivity index (χ1v) is 4.11. The van der Waals surface area contributed by atoms with Crippen LogP contribution >= 0.6 is 23.2 Å². The first-order chi connectivity index (χ1) is 6.86. The second-order valence-corrected chi connectivity index (χ2v) is 3.19. The van der Waals surface area contributed by atoms with Crippen molar-refractivity contribution in [1.82, 2.24) is 0 Å². The predicted molar refractivity (Wildman–Crippen MR) is 51.4 cm³/mol. The number of benzene rings is 1. The normalized spacial score (nSPS) is 10.0. The van der Waals surface area contributed by atoms with Crippen molar-refractivity contribution in [3.63, 3.8) is 0 Å². The molecule has 1 rings (SSSR count). The SMILES string of the molecule is O=[N+]([O-])c1c(O)cc(Cl)c([N+](=O)[O-])c1Cl. The van der Waals surface area contributed by atoms with Crippen molar-refractivity contribution in [2.24, 2.45) is 0 Å². The van der Waals surface area contributed by atoms with Crippen LogP contribution in [0.3, 0.4) is 0 Å². The molecule has 1 aromatic rings. The molecule has 0 amide bonds. The highest BCUT2D eigenvalue weighted by Gasteiger charge is 2.31. The van der Waals surface area contributed by atoms with E-state index in [1.165, 1.54) is 0 Å². The molecule has 0 atom stereocenters. The summed E-state index contributed by atoms with van der Waals surface area (Å²) < 4.78 is 0. The molecule has 0 aliphatic carbocycles. The van der Waals surface area contributed by atoms with Crippen LogP contribution in [0, 0.1) is 20.2 Å². The number of nitrogens with zero attached hydrogens (tertiary/aromatic N) is 2. The molecule has 9 heteroatoms. The number of halogens is 2. The molecule has 0 heterocycles. The zero-order chi connectivity index (χ0) is 11.7. The Balaban J connectivity index is 3.64. The average molecular weight is 253 g/mol. The zero-order valence-corrected chi connectivity index (χ0v) is 8.32. The van der Waals surface area contributed by atoms with Crippen molar-refractivity contribution >= 4 is 34.6 Å². The molecule has 0 bridgehead atoms. The monoisotopic (exact) mass is 252 g/mol. The second kappa shape index (κ2) is 3.87. The molecule has 7 nitrogen and oxygen atoms in total. The largest absolute Gasteiger partial charge is 0.502 e. The van der Waals surface area contributed by atoms with Crippen molar-refractivity contribution < 1.29 is 15.0 Å². The fourth-order valence-corrected chi connectivity index (χ4v) is 1.58. The lowest BCUT2D eigenvalue weighted by molar-refractivity contribution is -0.394. The van der Waals surface area contributed by atoms with Crippen LogP contribution in [-0.4, -0.2) is 15.0 Å². The lowest BCUT2D eigenvalue weighted by atomic mass is 10.2. The molecule has 0 saturated carbocycles. The first kappa shape index (κ1) is 11.5. The van der Waals surface area contributed by atoms with Gasteiger partial charge in [-0.2, -0.15) is 0 Å². The van der Waals surface area contributed by atoms with E-state index < -0.39 is 37.0 Å². The summed E-state index contributed by atoms with van der Waals surface area (Å²) in [6, 6.07) is 0.698. The van der Waals surface area contributed by atoms with Gasteiger partial charge in [-0.25, -0.2) is 0 Å². The molecule has 0 unspecified atom stereocenters. The molecular weight excluding hydrogens is 251 g/mol. The number of phenols is 1. The van der Waals surface area contributed by atoms with Gasteiger partial charge < -0.3 is 5.11 Å². The summed E-state index contributed by atoms with van der Waals surface area (Å²) in [5.74, 6) is -0.819. The topological polar surface area (TPSA) is 107 Å². The number of phenolic OH excluding ortho intramolecular Hbond substituents is 1. The quantitative estimate of drug-likeness (QED) is 0.643. The highest BCUT2D eigenvalue weighted by atomic mass is 35.5. The Bertz CT molecular complexity index is 423. The van der Waals surface area contributed by atoms with Crippen LogP contribution in [0.15, 0.2) is 6.07 Å². The molecule has 80 valence electrons. The van der Waals surface area contributed by atoms with Gasteiger partial charge in [0.2, 0.25) is 5.02 Å². The minimum atomic E-state index is -1.03.